The number of aliphatic hydroxyl groups is 1. The van der Waals surface area contributed by atoms with Crippen molar-refractivity contribution in [2.75, 3.05) is 26.1 Å². The summed E-state index contributed by atoms with van der Waals surface area (Å²) < 4.78 is 5.96. The molecule has 1 aromatic carbocycles. The van der Waals surface area contributed by atoms with Gasteiger partial charge in [0.1, 0.15) is 11.4 Å². The van der Waals surface area contributed by atoms with Crippen LogP contribution in [0.4, 0.5) is 5.69 Å². The van der Waals surface area contributed by atoms with Crippen LogP contribution in [0.2, 0.25) is 0 Å². The van der Waals surface area contributed by atoms with Crippen LogP contribution in [0.1, 0.15) is 70.3 Å². The quantitative estimate of drug-likeness (QED) is 0.614. The molecule has 5 rings (SSSR count). The second-order valence-electron chi connectivity index (χ2n) is 11.1. The van der Waals surface area contributed by atoms with Crippen molar-refractivity contribution in [2.45, 2.75) is 70.3 Å². The zero-order valence-electron chi connectivity index (χ0n) is 21.2. The Hall–Kier alpha value is -2.51. The Bertz CT molecular complexity index is 1150. The lowest BCUT2D eigenvalue weighted by Crippen LogP contribution is -2.51. The molecule has 0 bridgehead atoms. The minimum atomic E-state index is -0.962. The lowest BCUT2D eigenvalue weighted by atomic mass is 9.51. The zero-order chi connectivity index (χ0) is 24.3. The number of nitrogens with zero attached hydrogens (tertiary/aromatic N) is 1. The minimum Gasteiger partial charge on any atom is -0.496 e. The maximum Gasteiger partial charge on any atom is 0.156 e. The molecule has 0 amide bonds. The Kier molecular flexibility index (Phi) is 5.68. The minimum absolute atomic E-state index is 0.146. The van der Waals surface area contributed by atoms with Crippen LogP contribution in [-0.2, 0) is 4.79 Å². The highest BCUT2D eigenvalue weighted by atomic mass is 16.5. The van der Waals surface area contributed by atoms with Crippen molar-refractivity contribution in [3.8, 4) is 17.6 Å². The highest BCUT2D eigenvalue weighted by Crippen LogP contribution is 2.67. The SMILES string of the molecule is CC#C[C@]1(O)CC[C@H]2[C@@H]3CCC4=CC(=O)CCC4=C3[C@@H](c3ccc(N(C)C)cc3OC)C[C@@]21C. The monoisotopic (exact) mass is 459 g/mol. The summed E-state index contributed by atoms with van der Waals surface area (Å²) in [5.41, 5.74) is 5.23. The van der Waals surface area contributed by atoms with Crippen LogP contribution in [0.3, 0.4) is 0 Å². The maximum atomic E-state index is 12.2. The summed E-state index contributed by atoms with van der Waals surface area (Å²) in [6.45, 7) is 4.11. The number of fused-ring (bicyclic) bond motifs is 4. The number of rotatable bonds is 3. The van der Waals surface area contributed by atoms with E-state index in [1.807, 2.05) is 27.1 Å². The topological polar surface area (TPSA) is 49.8 Å². The first-order chi connectivity index (χ1) is 16.2. The molecule has 0 saturated heterocycles. The molecule has 0 radical (unpaired) electrons. The second-order valence-corrected chi connectivity index (χ2v) is 11.1. The molecule has 4 heteroatoms. The molecule has 0 heterocycles. The van der Waals surface area contributed by atoms with Gasteiger partial charge in [-0.1, -0.05) is 24.5 Å². The highest BCUT2D eigenvalue weighted by molar-refractivity contribution is 5.93. The van der Waals surface area contributed by atoms with Crippen LogP contribution in [0, 0.1) is 29.1 Å². The lowest BCUT2D eigenvalue weighted by molar-refractivity contribution is -0.114. The Balaban J connectivity index is 1.72. The molecule has 1 aromatic rings. The normalized spacial score (nSPS) is 34.4. The summed E-state index contributed by atoms with van der Waals surface area (Å²) in [5.74, 6) is 8.40. The van der Waals surface area contributed by atoms with Gasteiger partial charge in [0.25, 0.3) is 0 Å². The number of carbonyl (C=O) groups excluding carboxylic acids is 1. The van der Waals surface area contributed by atoms with Gasteiger partial charge in [-0.3, -0.25) is 4.79 Å². The van der Waals surface area contributed by atoms with Crippen molar-refractivity contribution in [1.29, 1.82) is 0 Å². The third-order valence-electron chi connectivity index (χ3n) is 9.33. The summed E-state index contributed by atoms with van der Waals surface area (Å²) in [4.78, 5) is 14.3. The van der Waals surface area contributed by atoms with E-state index in [0.717, 1.165) is 50.0 Å². The Morgan fingerprint density at radius 2 is 1.97 bits per heavy atom. The van der Waals surface area contributed by atoms with Gasteiger partial charge in [0, 0.05) is 49.2 Å². The molecule has 5 atom stereocenters. The summed E-state index contributed by atoms with van der Waals surface area (Å²) in [6, 6.07) is 6.52. The van der Waals surface area contributed by atoms with Crippen LogP contribution < -0.4 is 9.64 Å². The third-order valence-corrected chi connectivity index (χ3v) is 9.33. The average molecular weight is 460 g/mol. The number of allylic oxidation sites excluding steroid dienone is 4. The van der Waals surface area contributed by atoms with Crippen molar-refractivity contribution in [1.82, 2.24) is 0 Å². The van der Waals surface area contributed by atoms with Crippen LogP contribution in [0.15, 0.2) is 41.0 Å². The molecule has 4 nitrogen and oxygen atoms in total. The molecule has 2 saturated carbocycles. The lowest BCUT2D eigenvalue weighted by Gasteiger charge is -2.53. The second kappa shape index (κ2) is 8.31. The van der Waals surface area contributed by atoms with Crippen LogP contribution in [-0.4, -0.2) is 37.7 Å². The summed E-state index contributed by atoms with van der Waals surface area (Å²) in [6.07, 6.45) is 7.94. The molecular formula is C30H37NO3. The van der Waals surface area contributed by atoms with E-state index in [9.17, 15) is 9.90 Å². The van der Waals surface area contributed by atoms with Crippen molar-refractivity contribution < 1.29 is 14.6 Å². The number of hydrogen-bond acceptors (Lipinski definition) is 4. The van der Waals surface area contributed by atoms with Gasteiger partial charge < -0.3 is 14.7 Å². The van der Waals surface area contributed by atoms with Gasteiger partial charge in [0.05, 0.1) is 7.11 Å². The summed E-state index contributed by atoms with van der Waals surface area (Å²) in [7, 11) is 5.84. The van der Waals surface area contributed by atoms with Crippen LogP contribution in [0.25, 0.3) is 0 Å². The van der Waals surface area contributed by atoms with Crippen LogP contribution >= 0.6 is 0 Å². The molecule has 4 aliphatic carbocycles. The number of ether oxygens (including phenoxy) is 1. The van der Waals surface area contributed by atoms with Gasteiger partial charge in [0.15, 0.2) is 5.78 Å². The van der Waals surface area contributed by atoms with E-state index in [2.05, 4.69) is 41.9 Å². The van der Waals surface area contributed by atoms with E-state index in [1.54, 1.807) is 7.11 Å². The molecule has 34 heavy (non-hydrogen) atoms. The molecular weight excluding hydrogens is 422 g/mol. The average Bonchev–Trinajstić information content (AvgIpc) is 3.08. The van der Waals surface area contributed by atoms with Crippen molar-refractivity contribution >= 4 is 11.5 Å². The molecule has 1 N–H and O–H groups in total. The van der Waals surface area contributed by atoms with E-state index >= 15 is 0 Å². The number of carbonyl (C=O) groups is 1. The van der Waals surface area contributed by atoms with E-state index in [0.29, 0.717) is 18.3 Å². The van der Waals surface area contributed by atoms with E-state index < -0.39 is 5.60 Å². The molecule has 0 aromatic heterocycles. The first-order valence-corrected chi connectivity index (χ1v) is 12.7. The van der Waals surface area contributed by atoms with E-state index in [4.69, 9.17) is 4.74 Å². The van der Waals surface area contributed by atoms with Crippen molar-refractivity contribution in [2.24, 2.45) is 17.3 Å². The van der Waals surface area contributed by atoms with E-state index in [-0.39, 0.29) is 17.1 Å². The van der Waals surface area contributed by atoms with Crippen molar-refractivity contribution in [3.05, 3.63) is 46.6 Å². The van der Waals surface area contributed by atoms with Gasteiger partial charge in [-0.2, -0.15) is 0 Å². The smallest absolute Gasteiger partial charge is 0.156 e. The zero-order valence-corrected chi connectivity index (χ0v) is 21.2. The standard InChI is InChI=1S/C30H37NO3/c1-6-14-30(33)15-13-26-24-10-7-19-16-21(32)9-12-22(19)28(24)25(18-29(26,30)2)23-11-8-20(31(3)4)17-27(23)34-5/h8,11,16-17,24-26,33H,7,9-10,12-13,15,18H2,1-5H3/t24-,25+,26-,29-,30-/m0/s1. The summed E-state index contributed by atoms with van der Waals surface area (Å²) in [5, 5.41) is 11.8. The maximum absolute atomic E-state index is 12.2. The largest absolute Gasteiger partial charge is 0.496 e. The number of methoxy groups -OCH3 is 1. The van der Waals surface area contributed by atoms with Crippen molar-refractivity contribution in [3.63, 3.8) is 0 Å². The molecule has 0 unspecified atom stereocenters. The number of hydrogen-bond donors (Lipinski definition) is 1. The first kappa shape index (κ1) is 23.2. The first-order valence-electron chi connectivity index (χ1n) is 12.7. The fourth-order valence-electron chi connectivity index (χ4n) is 7.62. The van der Waals surface area contributed by atoms with Gasteiger partial charge >= 0.3 is 0 Å². The number of ketones is 1. The molecule has 0 aliphatic heterocycles. The number of anilines is 1. The number of benzene rings is 1. The molecule has 4 aliphatic rings. The molecule has 180 valence electrons. The van der Waals surface area contributed by atoms with Gasteiger partial charge in [0.2, 0.25) is 0 Å². The Labute approximate surface area is 204 Å². The third kappa shape index (κ3) is 3.35. The van der Waals surface area contributed by atoms with Gasteiger partial charge in [-0.25, -0.2) is 0 Å². The predicted octanol–water partition coefficient (Wildman–Crippen LogP) is 5.42. The highest BCUT2D eigenvalue weighted by Gasteiger charge is 2.62. The fraction of sp³-hybridized carbons (Fsp3) is 0.567. The molecule has 2 fully saturated rings. The summed E-state index contributed by atoms with van der Waals surface area (Å²) >= 11 is 0. The van der Waals surface area contributed by atoms with Gasteiger partial charge in [-0.05, 0) is 80.6 Å². The fourth-order valence-corrected chi connectivity index (χ4v) is 7.62. The van der Waals surface area contributed by atoms with Gasteiger partial charge in [-0.15, -0.1) is 5.92 Å². The Morgan fingerprint density at radius 1 is 1.18 bits per heavy atom. The van der Waals surface area contributed by atoms with Crippen LogP contribution in [0.5, 0.6) is 5.75 Å². The van der Waals surface area contributed by atoms with E-state index in [1.165, 1.54) is 22.3 Å². The predicted molar refractivity (Wildman–Crippen MR) is 136 cm³/mol. The Morgan fingerprint density at radius 3 is 2.68 bits per heavy atom. The molecule has 0 spiro atoms.